The van der Waals surface area contributed by atoms with Crippen LogP contribution in [0.15, 0.2) is 58.1 Å². The Morgan fingerprint density at radius 3 is 2.75 bits per heavy atom. The Kier molecular flexibility index (Phi) is 4.90. The van der Waals surface area contributed by atoms with Gasteiger partial charge in [-0.05, 0) is 45.8 Å². The summed E-state index contributed by atoms with van der Waals surface area (Å²) >= 11 is 0.871. The van der Waals surface area contributed by atoms with Crippen molar-refractivity contribution in [2.75, 3.05) is 11.9 Å². The van der Waals surface area contributed by atoms with Gasteiger partial charge < -0.3 is 5.32 Å². The minimum absolute atomic E-state index is 0.00429. The lowest BCUT2D eigenvalue weighted by Gasteiger charge is -2.12. The van der Waals surface area contributed by atoms with Crippen LogP contribution in [-0.2, 0) is 9.59 Å². The summed E-state index contributed by atoms with van der Waals surface area (Å²) in [5, 5.41) is 9.78. The monoisotopic (exact) mass is 394 g/mol. The first-order valence-electron chi connectivity index (χ1n) is 8.43. The van der Waals surface area contributed by atoms with Gasteiger partial charge in [0.25, 0.3) is 11.1 Å². The Balaban J connectivity index is 1.40. The average molecular weight is 394 g/mol. The van der Waals surface area contributed by atoms with Crippen molar-refractivity contribution in [1.82, 2.24) is 15.2 Å². The van der Waals surface area contributed by atoms with Crippen LogP contribution in [0.2, 0.25) is 0 Å². The van der Waals surface area contributed by atoms with Crippen LogP contribution in [0.3, 0.4) is 0 Å². The summed E-state index contributed by atoms with van der Waals surface area (Å²) in [6.45, 7) is -0.00429. The molecule has 28 heavy (non-hydrogen) atoms. The van der Waals surface area contributed by atoms with E-state index < -0.39 is 5.91 Å². The SMILES string of the molecule is O=C(CCN1C(=O)SC(=Cc2ccccc2)C1=O)Nc1cccc2nonc12. The molecule has 1 aliphatic rings. The number of imide groups is 1. The number of rotatable bonds is 5. The maximum Gasteiger partial charge on any atom is 0.293 e. The van der Waals surface area contributed by atoms with Crippen LogP contribution in [0.25, 0.3) is 17.1 Å². The standard InChI is InChI=1S/C19H14N4O4S/c24-16(20-13-7-4-8-14-17(13)22-27-21-14)9-10-23-18(25)15(28-19(23)26)11-12-5-2-1-3-6-12/h1-8,11H,9-10H2,(H,20,24). The molecule has 2 aromatic carbocycles. The average Bonchev–Trinajstić information content (AvgIpc) is 3.27. The smallest absolute Gasteiger partial charge is 0.293 e. The third kappa shape index (κ3) is 3.65. The molecule has 1 N–H and O–H groups in total. The highest BCUT2D eigenvalue weighted by Gasteiger charge is 2.35. The Labute approximate surface area is 163 Å². The van der Waals surface area contributed by atoms with Gasteiger partial charge in [0.2, 0.25) is 5.91 Å². The molecule has 3 aromatic rings. The van der Waals surface area contributed by atoms with Crippen LogP contribution in [-0.4, -0.2) is 38.8 Å². The number of benzene rings is 2. The number of carbonyl (C=O) groups is 3. The molecule has 9 heteroatoms. The number of aromatic nitrogens is 2. The van der Waals surface area contributed by atoms with Crippen LogP contribution < -0.4 is 5.32 Å². The maximum absolute atomic E-state index is 12.5. The van der Waals surface area contributed by atoms with Gasteiger partial charge in [-0.2, -0.15) is 0 Å². The van der Waals surface area contributed by atoms with Gasteiger partial charge in [-0.1, -0.05) is 36.4 Å². The second-order valence-corrected chi connectivity index (χ2v) is 6.97. The molecule has 0 aliphatic carbocycles. The number of thioether (sulfide) groups is 1. The highest BCUT2D eigenvalue weighted by molar-refractivity contribution is 8.18. The normalized spacial score (nSPS) is 15.6. The fourth-order valence-electron chi connectivity index (χ4n) is 2.73. The van der Waals surface area contributed by atoms with Crippen molar-refractivity contribution in [1.29, 1.82) is 0 Å². The number of fused-ring (bicyclic) bond motifs is 1. The van der Waals surface area contributed by atoms with Crippen molar-refractivity contribution in [2.24, 2.45) is 0 Å². The van der Waals surface area contributed by atoms with Crippen LogP contribution in [0.5, 0.6) is 0 Å². The first-order valence-corrected chi connectivity index (χ1v) is 9.25. The number of hydrogen-bond acceptors (Lipinski definition) is 7. The molecule has 1 aliphatic heterocycles. The van der Waals surface area contributed by atoms with E-state index in [0.717, 1.165) is 22.2 Å². The minimum Gasteiger partial charge on any atom is -0.324 e. The van der Waals surface area contributed by atoms with Gasteiger partial charge in [0, 0.05) is 13.0 Å². The summed E-state index contributed by atoms with van der Waals surface area (Å²) in [6.07, 6.45) is 1.64. The highest BCUT2D eigenvalue weighted by Crippen LogP contribution is 2.32. The minimum atomic E-state index is -0.394. The number of nitrogens with zero attached hydrogens (tertiary/aromatic N) is 3. The lowest BCUT2D eigenvalue weighted by molar-refractivity contribution is -0.123. The number of carbonyl (C=O) groups excluding carboxylic acids is 3. The molecule has 0 saturated carbocycles. The molecule has 8 nitrogen and oxygen atoms in total. The molecular formula is C19H14N4O4S. The van der Waals surface area contributed by atoms with E-state index in [2.05, 4.69) is 20.3 Å². The van der Waals surface area contributed by atoms with Gasteiger partial charge in [0.15, 0.2) is 5.52 Å². The Bertz CT molecular complexity index is 1090. The van der Waals surface area contributed by atoms with Gasteiger partial charge in [-0.15, -0.1) is 0 Å². The lowest BCUT2D eigenvalue weighted by Crippen LogP contribution is -2.31. The first-order chi connectivity index (χ1) is 13.6. The molecule has 1 saturated heterocycles. The Morgan fingerprint density at radius 1 is 1.11 bits per heavy atom. The molecule has 3 amide bonds. The summed E-state index contributed by atoms with van der Waals surface area (Å²) in [7, 11) is 0. The third-order valence-electron chi connectivity index (χ3n) is 4.09. The molecular weight excluding hydrogens is 380 g/mol. The molecule has 0 atom stereocenters. The van der Waals surface area contributed by atoms with E-state index in [0.29, 0.717) is 21.6 Å². The van der Waals surface area contributed by atoms with E-state index in [1.165, 1.54) is 0 Å². The summed E-state index contributed by atoms with van der Waals surface area (Å²) in [6, 6.07) is 14.4. The number of amides is 3. The van der Waals surface area contributed by atoms with Crippen molar-refractivity contribution in [2.45, 2.75) is 6.42 Å². The van der Waals surface area contributed by atoms with Crippen LogP contribution in [0.4, 0.5) is 10.5 Å². The summed E-state index contributed by atoms with van der Waals surface area (Å²) in [5.74, 6) is -0.740. The van der Waals surface area contributed by atoms with Gasteiger partial charge in [-0.25, -0.2) is 4.63 Å². The van der Waals surface area contributed by atoms with Crippen molar-refractivity contribution < 1.29 is 19.0 Å². The van der Waals surface area contributed by atoms with Crippen molar-refractivity contribution >= 4 is 51.6 Å². The topological polar surface area (TPSA) is 105 Å². The maximum atomic E-state index is 12.5. The van der Waals surface area contributed by atoms with Crippen molar-refractivity contribution in [3.63, 3.8) is 0 Å². The lowest BCUT2D eigenvalue weighted by atomic mass is 10.2. The van der Waals surface area contributed by atoms with Crippen LogP contribution in [0.1, 0.15) is 12.0 Å². The molecule has 2 heterocycles. The molecule has 140 valence electrons. The predicted molar refractivity (Wildman–Crippen MR) is 104 cm³/mol. The van der Waals surface area contributed by atoms with E-state index in [4.69, 9.17) is 0 Å². The van der Waals surface area contributed by atoms with E-state index >= 15 is 0 Å². The van der Waals surface area contributed by atoms with E-state index in [-0.39, 0.29) is 24.1 Å². The molecule has 1 aromatic heterocycles. The fraction of sp³-hybridized carbons (Fsp3) is 0.105. The second kappa shape index (κ2) is 7.65. The number of anilines is 1. The third-order valence-corrected chi connectivity index (χ3v) is 5.00. The number of hydrogen-bond donors (Lipinski definition) is 1. The second-order valence-electron chi connectivity index (χ2n) is 5.98. The van der Waals surface area contributed by atoms with Crippen LogP contribution in [0, 0.1) is 0 Å². The molecule has 1 fully saturated rings. The molecule has 0 radical (unpaired) electrons. The zero-order valence-electron chi connectivity index (χ0n) is 14.5. The van der Waals surface area contributed by atoms with Gasteiger partial charge in [0.1, 0.15) is 5.52 Å². The largest absolute Gasteiger partial charge is 0.324 e. The zero-order chi connectivity index (χ0) is 19.5. The highest BCUT2D eigenvalue weighted by atomic mass is 32.2. The molecule has 0 spiro atoms. The molecule has 4 rings (SSSR count). The van der Waals surface area contributed by atoms with Gasteiger partial charge in [-0.3, -0.25) is 19.3 Å². The van der Waals surface area contributed by atoms with Crippen LogP contribution >= 0.6 is 11.8 Å². The summed E-state index contributed by atoms with van der Waals surface area (Å²) < 4.78 is 4.66. The Hall–Kier alpha value is -3.46. The number of nitrogens with one attached hydrogen (secondary N) is 1. The molecule has 0 bridgehead atoms. The van der Waals surface area contributed by atoms with E-state index in [1.54, 1.807) is 24.3 Å². The molecule has 0 unspecified atom stereocenters. The van der Waals surface area contributed by atoms with E-state index in [1.807, 2.05) is 30.3 Å². The van der Waals surface area contributed by atoms with Crippen molar-refractivity contribution in [3.05, 3.63) is 59.0 Å². The fourth-order valence-corrected chi connectivity index (χ4v) is 3.59. The van der Waals surface area contributed by atoms with Gasteiger partial charge >= 0.3 is 0 Å². The predicted octanol–water partition coefficient (Wildman–Crippen LogP) is 3.29. The summed E-state index contributed by atoms with van der Waals surface area (Å²) in [5.41, 5.74) is 2.25. The van der Waals surface area contributed by atoms with Crippen molar-refractivity contribution in [3.8, 4) is 0 Å². The van der Waals surface area contributed by atoms with E-state index in [9.17, 15) is 14.4 Å². The van der Waals surface area contributed by atoms with Gasteiger partial charge in [0.05, 0.1) is 10.6 Å². The quantitative estimate of drug-likeness (QED) is 0.662. The zero-order valence-corrected chi connectivity index (χ0v) is 15.3. The summed E-state index contributed by atoms with van der Waals surface area (Å²) in [4.78, 5) is 38.3. The first kappa shape index (κ1) is 17.9. The Morgan fingerprint density at radius 2 is 1.93 bits per heavy atom.